The average Bonchev–Trinajstić information content (AvgIpc) is 2.80. The lowest BCUT2D eigenvalue weighted by Crippen LogP contribution is -2.37. The van der Waals surface area contributed by atoms with E-state index in [9.17, 15) is 14.4 Å². The Morgan fingerprint density at radius 2 is 1.82 bits per heavy atom. The third kappa shape index (κ3) is 6.60. The number of methoxy groups -OCH3 is 1. The molecular formula is C24H25Cl2NO7. The predicted octanol–water partition coefficient (Wildman–Crippen LogP) is 3.74. The number of nitrogens with zero attached hydrogens (tertiary/aromatic N) is 1. The van der Waals surface area contributed by atoms with E-state index in [2.05, 4.69) is 16.8 Å². The van der Waals surface area contributed by atoms with Crippen LogP contribution in [0.15, 0.2) is 34.5 Å². The minimum absolute atomic E-state index is 0.100. The molecule has 2 atom stereocenters. The Bertz CT molecular complexity index is 1070. The fraction of sp³-hybridized carbons (Fsp3) is 0.417. The van der Waals surface area contributed by atoms with Crippen molar-refractivity contribution in [2.24, 2.45) is 10.9 Å². The molecule has 182 valence electrons. The maximum Gasteiger partial charge on any atom is 0.384 e. The maximum atomic E-state index is 13.1. The van der Waals surface area contributed by atoms with Crippen molar-refractivity contribution in [3.05, 3.63) is 45.1 Å². The van der Waals surface area contributed by atoms with Gasteiger partial charge in [-0.1, -0.05) is 41.3 Å². The number of carbonyl (C=O) groups is 3. The summed E-state index contributed by atoms with van der Waals surface area (Å²) in [6, 6.07) is 4.95. The molecule has 1 aliphatic heterocycles. The highest BCUT2D eigenvalue weighted by molar-refractivity contribution is 6.42. The van der Waals surface area contributed by atoms with Crippen molar-refractivity contribution in [3.8, 4) is 11.8 Å². The molecule has 0 bridgehead atoms. The summed E-state index contributed by atoms with van der Waals surface area (Å²) in [5.74, 6) is 1.08. The van der Waals surface area contributed by atoms with Crippen LogP contribution in [0.5, 0.6) is 0 Å². The molecule has 0 aliphatic carbocycles. The molecule has 1 heterocycles. The normalized spacial score (nSPS) is 17.3. The zero-order chi connectivity index (χ0) is 25.3. The first kappa shape index (κ1) is 27.4. The van der Waals surface area contributed by atoms with Crippen LogP contribution < -0.4 is 0 Å². The molecule has 0 N–H and O–H groups in total. The maximum absolute atomic E-state index is 13.1. The first-order valence-corrected chi connectivity index (χ1v) is 11.2. The molecule has 1 aliphatic rings. The van der Waals surface area contributed by atoms with Crippen LogP contribution >= 0.6 is 23.2 Å². The third-order valence-corrected chi connectivity index (χ3v) is 5.70. The van der Waals surface area contributed by atoms with Crippen LogP contribution in [0.3, 0.4) is 0 Å². The predicted molar refractivity (Wildman–Crippen MR) is 127 cm³/mol. The molecule has 0 aromatic heterocycles. The van der Waals surface area contributed by atoms with Gasteiger partial charge in [-0.2, -0.15) is 0 Å². The zero-order valence-electron chi connectivity index (χ0n) is 19.3. The molecule has 1 aromatic rings. The van der Waals surface area contributed by atoms with Crippen molar-refractivity contribution in [2.75, 3.05) is 33.5 Å². The first-order valence-electron chi connectivity index (χ1n) is 10.5. The van der Waals surface area contributed by atoms with E-state index in [1.807, 2.05) is 0 Å². The standard InChI is InChI=1S/C24H25Cl2NO7/c1-5-33-18(28)11-8-12-32-13-17-21(24(30)34-6-2)20(15-9-7-10-16(25)22(15)26)19(14(3)27-17)23(29)31-4/h7,9-10,19-20H,5-6,12-13H2,1-4H3. The van der Waals surface area contributed by atoms with Gasteiger partial charge in [0.1, 0.15) is 12.5 Å². The summed E-state index contributed by atoms with van der Waals surface area (Å²) in [5, 5.41) is 0.457. The summed E-state index contributed by atoms with van der Waals surface area (Å²) >= 11 is 12.7. The van der Waals surface area contributed by atoms with Gasteiger partial charge in [-0.05, 0) is 32.4 Å². The van der Waals surface area contributed by atoms with Crippen LogP contribution in [0.4, 0.5) is 0 Å². The highest BCUT2D eigenvalue weighted by Gasteiger charge is 2.44. The van der Waals surface area contributed by atoms with E-state index in [1.54, 1.807) is 39.0 Å². The number of rotatable bonds is 8. The lowest BCUT2D eigenvalue weighted by molar-refractivity contribution is -0.144. The van der Waals surface area contributed by atoms with E-state index in [4.69, 9.17) is 42.1 Å². The summed E-state index contributed by atoms with van der Waals surface area (Å²) in [5.41, 5.74) is 1.19. The van der Waals surface area contributed by atoms with Crippen molar-refractivity contribution in [2.45, 2.75) is 26.7 Å². The summed E-state index contributed by atoms with van der Waals surface area (Å²) in [6.45, 7) is 5.05. The first-order chi connectivity index (χ1) is 16.3. The molecule has 34 heavy (non-hydrogen) atoms. The Kier molecular flexibility index (Phi) is 10.6. The van der Waals surface area contributed by atoms with Crippen LogP contribution in [0.1, 0.15) is 32.3 Å². The van der Waals surface area contributed by atoms with E-state index in [1.165, 1.54) is 7.11 Å². The second-order valence-electron chi connectivity index (χ2n) is 6.97. The van der Waals surface area contributed by atoms with E-state index in [0.29, 0.717) is 11.3 Å². The number of esters is 3. The molecule has 0 amide bonds. The largest absolute Gasteiger partial charge is 0.468 e. The smallest absolute Gasteiger partial charge is 0.384 e. The second kappa shape index (κ2) is 13.1. The van der Waals surface area contributed by atoms with E-state index >= 15 is 0 Å². The Morgan fingerprint density at radius 3 is 2.47 bits per heavy atom. The SMILES string of the molecule is CCOC(=O)C#CCOCC1=C(C(=O)OCC)C(c2cccc(Cl)c2Cl)C(C(=O)OC)C(C)=N1. The van der Waals surface area contributed by atoms with E-state index < -0.39 is 29.7 Å². The van der Waals surface area contributed by atoms with Crippen LogP contribution in [-0.4, -0.2) is 57.2 Å². The van der Waals surface area contributed by atoms with Crippen molar-refractivity contribution < 1.29 is 33.3 Å². The van der Waals surface area contributed by atoms with Crippen molar-refractivity contribution >= 4 is 46.8 Å². The quantitative estimate of drug-likeness (QED) is 0.173. The van der Waals surface area contributed by atoms with Crippen molar-refractivity contribution in [3.63, 3.8) is 0 Å². The minimum atomic E-state index is -0.937. The highest BCUT2D eigenvalue weighted by atomic mass is 35.5. The number of hydrogen-bond acceptors (Lipinski definition) is 8. The van der Waals surface area contributed by atoms with Gasteiger partial charge in [0.25, 0.3) is 0 Å². The number of carbonyl (C=O) groups excluding carboxylic acids is 3. The van der Waals surface area contributed by atoms with Crippen molar-refractivity contribution in [1.82, 2.24) is 0 Å². The molecule has 2 unspecified atom stereocenters. The van der Waals surface area contributed by atoms with E-state index in [-0.39, 0.29) is 47.7 Å². The van der Waals surface area contributed by atoms with E-state index in [0.717, 1.165) is 0 Å². The third-order valence-electron chi connectivity index (χ3n) is 4.86. The average molecular weight is 510 g/mol. The highest BCUT2D eigenvalue weighted by Crippen LogP contribution is 2.44. The fourth-order valence-corrected chi connectivity index (χ4v) is 3.92. The molecule has 0 saturated heterocycles. The molecule has 2 rings (SSSR count). The molecule has 0 fully saturated rings. The van der Waals surface area contributed by atoms with Gasteiger partial charge in [-0.3, -0.25) is 9.79 Å². The fourth-order valence-electron chi connectivity index (χ4n) is 3.50. The summed E-state index contributed by atoms with van der Waals surface area (Å²) < 4.78 is 20.5. The van der Waals surface area contributed by atoms with Crippen LogP contribution in [-0.2, 0) is 33.3 Å². The van der Waals surface area contributed by atoms with Gasteiger partial charge in [-0.25, -0.2) is 9.59 Å². The molecule has 0 saturated carbocycles. The van der Waals surface area contributed by atoms with Gasteiger partial charge in [0.15, 0.2) is 0 Å². The summed E-state index contributed by atoms with van der Waals surface area (Å²) in [4.78, 5) is 41.6. The second-order valence-corrected chi connectivity index (χ2v) is 7.76. The number of halogens is 2. The lowest BCUT2D eigenvalue weighted by Gasteiger charge is -2.32. The van der Waals surface area contributed by atoms with Gasteiger partial charge >= 0.3 is 17.9 Å². The summed E-state index contributed by atoms with van der Waals surface area (Å²) in [6.07, 6.45) is 0. The topological polar surface area (TPSA) is 100 Å². The Morgan fingerprint density at radius 1 is 1.12 bits per heavy atom. The molecule has 0 radical (unpaired) electrons. The Labute approximate surface area is 208 Å². The zero-order valence-corrected chi connectivity index (χ0v) is 20.8. The number of ether oxygens (including phenoxy) is 4. The Balaban J connectivity index is 2.54. The molecule has 1 aromatic carbocycles. The molecule has 0 spiro atoms. The molecular weight excluding hydrogens is 485 g/mol. The molecule has 10 heteroatoms. The minimum Gasteiger partial charge on any atom is -0.468 e. The summed E-state index contributed by atoms with van der Waals surface area (Å²) in [7, 11) is 1.25. The van der Waals surface area contributed by atoms with Gasteiger partial charge in [-0.15, -0.1) is 0 Å². The van der Waals surface area contributed by atoms with Gasteiger partial charge < -0.3 is 18.9 Å². The van der Waals surface area contributed by atoms with Crippen molar-refractivity contribution in [1.29, 1.82) is 0 Å². The van der Waals surface area contributed by atoms with Gasteiger partial charge in [0, 0.05) is 17.6 Å². The Hall–Kier alpha value is -2.86. The van der Waals surface area contributed by atoms with Crippen LogP contribution in [0.2, 0.25) is 10.0 Å². The monoisotopic (exact) mass is 509 g/mol. The number of benzene rings is 1. The molecule has 8 nitrogen and oxygen atoms in total. The van der Waals surface area contributed by atoms with Gasteiger partial charge in [0.2, 0.25) is 0 Å². The van der Waals surface area contributed by atoms with Crippen LogP contribution in [0.25, 0.3) is 0 Å². The number of aliphatic imine (C=N–C) groups is 1. The van der Waals surface area contributed by atoms with Crippen LogP contribution in [0, 0.1) is 17.8 Å². The van der Waals surface area contributed by atoms with Gasteiger partial charge in [0.05, 0.1) is 48.2 Å². The lowest BCUT2D eigenvalue weighted by atomic mass is 9.75. The number of hydrogen-bond donors (Lipinski definition) is 0.